The van der Waals surface area contributed by atoms with E-state index in [0.717, 1.165) is 160 Å². The highest BCUT2D eigenvalue weighted by Gasteiger charge is 2.54. The molecular weight excluding hydrogens is 1240 g/mol. The van der Waals surface area contributed by atoms with Crippen LogP contribution in [0.5, 0.6) is 0 Å². The largest absolute Gasteiger partial charge is 0.441 e. The van der Waals surface area contributed by atoms with Gasteiger partial charge in [0.1, 0.15) is 45.9 Å². The molecule has 0 spiro atoms. The molecule has 4 aromatic heterocycles. The van der Waals surface area contributed by atoms with Gasteiger partial charge in [0.2, 0.25) is 0 Å². The van der Waals surface area contributed by atoms with Crippen molar-refractivity contribution in [2.24, 2.45) is 9.98 Å². The standard InChI is InChI=1S/2C26H33N5O2.C26H27N5O2/c3*1-26(2)22(18-7-4-3-5-8-18)31(25(32)33-26)20-11-9-17(10-12-20)19-15-21(23(27)30-16-19)24-28-13-6-14-29-24/h2*3-5,7-8,15-17,20,22H,6,9-14H2,1-2H3,(H2,27,30)(H,28,29);3-9,13-16,20,22H,10-12H2,1-2H3,(H2,27,30)/t2*17?,20?,22-;/m00./s1. The number of anilines is 3. The molecule has 3 saturated heterocycles. The van der Waals surface area contributed by atoms with Gasteiger partial charge in [0, 0.05) is 75.3 Å². The summed E-state index contributed by atoms with van der Waals surface area (Å²) in [4.78, 5) is 75.9. The summed E-state index contributed by atoms with van der Waals surface area (Å²) >= 11 is 0. The topological polar surface area (TPSA) is 280 Å². The number of carbonyl (C=O) groups excluding carboxylic acids is 3. The molecule has 5 aliphatic heterocycles. The lowest BCUT2D eigenvalue weighted by atomic mass is 9.80. The van der Waals surface area contributed by atoms with Gasteiger partial charge in [0.25, 0.3) is 0 Å². The fourth-order valence-electron chi connectivity index (χ4n) is 16.2. The number of amides is 3. The number of ether oxygens (including phenoxy) is 3. The Balaban J connectivity index is 0.000000133. The SMILES string of the molecule is CC1(C)OC(=O)N(C2CC=C(c3cnc(N)c(-c4ncccn4)c3)CC2)C1c1ccccc1.CC1(C)OC(=O)N(C2CCC(c3cnc(N)c(C4=NCCCN4)c3)CC2)[C@H]1c1ccccc1.CC1(C)OC(=O)N(C2CCC(c3cnc(N)c(C4=NCCCN4)c3)CC2)[C@H]1c1ccccc1. The highest BCUT2D eigenvalue weighted by molar-refractivity contribution is 6.03. The molecule has 5 fully saturated rings. The number of nitrogens with one attached hydrogen (secondary N) is 2. The van der Waals surface area contributed by atoms with Crippen LogP contribution in [0.15, 0.2) is 162 Å². The molecule has 3 aliphatic carbocycles. The molecule has 516 valence electrons. The van der Waals surface area contributed by atoms with Crippen molar-refractivity contribution in [3.8, 4) is 11.4 Å². The number of hydrogen-bond donors (Lipinski definition) is 5. The minimum Gasteiger partial charge on any atom is -0.441 e. The highest BCUT2D eigenvalue weighted by atomic mass is 16.6. The predicted octanol–water partition coefficient (Wildman–Crippen LogP) is 13.8. The molecular formula is C78H93N15O6. The van der Waals surface area contributed by atoms with Gasteiger partial charge in [-0.25, -0.2) is 39.3 Å². The van der Waals surface area contributed by atoms with Crippen LogP contribution in [0, 0.1) is 0 Å². The number of aromatic nitrogens is 5. The second kappa shape index (κ2) is 28.9. The van der Waals surface area contributed by atoms with E-state index < -0.39 is 16.8 Å². The van der Waals surface area contributed by atoms with E-state index >= 15 is 0 Å². The van der Waals surface area contributed by atoms with Gasteiger partial charge in [-0.1, -0.05) is 97.1 Å². The van der Waals surface area contributed by atoms with Gasteiger partial charge in [-0.2, -0.15) is 0 Å². The fraction of sp³-hybridized carbons (Fsp3) is 0.436. The van der Waals surface area contributed by atoms with Crippen molar-refractivity contribution >= 4 is 53.0 Å². The number of allylic oxidation sites excluding steroid dienone is 1. The van der Waals surface area contributed by atoms with Crippen LogP contribution in [-0.4, -0.2) is 131 Å². The average Bonchev–Trinajstić information content (AvgIpc) is 1.63. The molecule has 0 radical (unpaired) electrons. The third-order valence-electron chi connectivity index (χ3n) is 21.0. The lowest BCUT2D eigenvalue weighted by Gasteiger charge is -2.38. The van der Waals surface area contributed by atoms with Crippen LogP contribution in [0.1, 0.15) is 199 Å². The van der Waals surface area contributed by atoms with E-state index in [-0.39, 0.29) is 54.5 Å². The number of aliphatic imine (C=N–C) groups is 2. The molecule has 15 rings (SSSR count). The summed E-state index contributed by atoms with van der Waals surface area (Å²) < 4.78 is 17.5. The second-order valence-electron chi connectivity index (χ2n) is 28.9. The molecule has 2 unspecified atom stereocenters. The average molecular weight is 1340 g/mol. The van der Waals surface area contributed by atoms with Gasteiger partial charge in [-0.3, -0.25) is 24.7 Å². The maximum atomic E-state index is 12.9. The smallest absolute Gasteiger partial charge is 0.411 e. The number of carbonyl (C=O) groups is 3. The fourth-order valence-corrected chi connectivity index (χ4v) is 16.2. The Morgan fingerprint density at radius 1 is 0.444 bits per heavy atom. The maximum absolute atomic E-state index is 12.9. The second-order valence-corrected chi connectivity index (χ2v) is 28.9. The van der Waals surface area contributed by atoms with Crippen molar-refractivity contribution in [2.45, 2.75) is 190 Å². The molecule has 21 heteroatoms. The Kier molecular flexibility index (Phi) is 19.7. The normalized spacial score (nSPS) is 25.3. The van der Waals surface area contributed by atoms with Crippen molar-refractivity contribution in [1.29, 1.82) is 0 Å². The zero-order valence-electron chi connectivity index (χ0n) is 57.7. The monoisotopic (exact) mass is 1340 g/mol. The molecule has 99 heavy (non-hydrogen) atoms. The Labute approximate surface area is 580 Å². The van der Waals surface area contributed by atoms with Gasteiger partial charge in [-0.15, -0.1) is 0 Å². The van der Waals surface area contributed by atoms with Gasteiger partial charge >= 0.3 is 18.3 Å². The van der Waals surface area contributed by atoms with Gasteiger partial charge in [-0.05, 0) is 200 Å². The predicted molar refractivity (Wildman–Crippen MR) is 385 cm³/mol. The van der Waals surface area contributed by atoms with Crippen molar-refractivity contribution in [1.82, 2.24) is 50.3 Å². The minimum absolute atomic E-state index is 0.0758. The summed E-state index contributed by atoms with van der Waals surface area (Å²) in [5.74, 6) is 4.53. The number of rotatable bonds is 12. The van der Waals surface area contributed by atoms with E-state index in [2.05, 4.69) is 100 Å². The van der Waals surface area contributed by atoms with Crippen LogP contribution in [-0.2, 0) is 14.2 Å². The van der Waals surface area contributed by atoms with Crippen LogP contribution in [0.2, 0.25) is 0 Å². The van der Waals surface area contributed by atoms with E-state index in [1.807, 2.05) is 129 Å². The van der Waals surface area contributed by atoms with Crippen LogP contribution in [0.25, 0.3) is 17.0 Å². The third kappa shape index (κ3) is 14.5. The molecule has 21 nitrogen and oxygen atoms in total. The summed E-state index contributed by atoms with van der Waals surface area (Å²) in [6.07, 6.45) is 22.9. The Morgan fingerprint density at radius 2 is 0.838 bits per heavy atom. The van der Waals surface area contributed by atoms with Crippen molar-refractivity contribution < 1.29 is 28.6 Å². The quantitative estimate of drug-likeness (QED) is 0.0711. The van der Waals surface area contributed by atoms with E-state index in [1.54, 1.807) is 24.7 Å². The van der Waals surface area contributed by atoms with Gasteiger partial charge < -0.3 is 42.0 Å². The number of nitrogen functional groups attached to an aromatic ring is 3. The van der Waals surface area contributed by atoms with Crippen molar-refractivity contribution in [3.63, 3.8) is 0 Å². The maximum Gasteiger partial charge on any atom is 0.411 e. The third-order valence-corrected chi connectivity index (χ3v) is 21.0. The lowest BCUT2D eigenvalue weighted by Crippen LogP contribution is -2.42. The minimum atomic E-state index is -0.589. The van der Waals surface area contributed by atoms with E-state index in [4.69, 9.17) is 31.4 Å². The van der Waals surface area contributed by atoms with E-state index in [1.165, 1.54) is 16.7 Å². The molecule has 8 N–H and O–H groups in total. The zero-order chi connectivity index (χ0) is 69.0. The number of amidine groups is 2. The molecule has 3 aromatic carbocycles. The summed E-state index contributed by atoms with van der Waals surface area (Å²) in [5, 5.41) is 6.71. The number of pyridine rings is 3. The molecule has 8 aliphatic rings. The Morgan fingerprint density at radius 3 is 1.22 bits per heavy atom. The lowest BCUT2D eigenvalue weighted by molar-refractivity contribution is 0.0656. The molecule has 4 atom stereocenters. The number of cyclic esters (lactones) is 3. The first-order valence-electron chi connectivity index (χ1n) is 35.3. The van der Waals surface area contributed by atoms with Crippen molar-refractivity contribution in [2.75, 3.05) is 43.4 Å². The van der Waals surface area contributed by atoms with Crippen LogP contribution >= 0.6 is 0 Å². The number of benzene rings is 3. The molecule has 7 aromatic rings. The molecule has 2 saturated carbocycles. The van der Waals surface area contributed by atoms with Gasteiger partial charge in [0.05, 0.1) is 34.8 Å². The number of nitrogens with zero attached hydrogens (tertiary/aromatic N) is 10. The Hall–Kier alpha value is -9.92. The van der Waals surface area contributed by atoms with E-state index in [9.17, 15) is 14.4 Å². The molecule has 9 heterocycles. The van der Waals surface area contributed by atoms with Crippen LogP contribution < -0.4 is 27.8 Å². The highest BCUT2D eigenvalue weighted by Crippen LogP contribution is 2.50. The summed E-state index contributed by atoms with van der Waals surface area (Å²) in [5.41, 5.74) is 27.3. The number of nitrogens with two attached hydrogens (primary N) is 3. The van der Waals surface area contributed by atoms with Crippen LogP contribution in [0.3, 0.4) is 0 Å². The first kappa shape index (κ1) is 67.6. The van der Waals surface area contributed by atoms with E-state index in [0.29, 0.717) is 35.1 Å². The summed E-state index contributed by atoms with van der Waals surface area (Å²) in [6.45, 7) is 15.5. The first-order valence-corrected chi connectivity index (χ1v) is 35.3. The van der Waals surface area contributed by atoms with Crippen LogP contribution in [0.4, 0.5) is 31.8 Å². The Bertz CT molecular complexity index is 3950. The molecule has 0 bridgehead atoms. The first-order chi connectivity index (χ1) is 47.8. The summed E-state index contributed by atoms with van der Waals surface area (Å²) in [7, 11) is 0. The molecule has 3 amide bonds. The van der Waals surface area contributed by atoms with Gasteiger partial charge in [0.15, 0.2) is 5.82 Å². The zero-order valence-corrected chi connectivity index (χ0v) is 57.7. The number of hydrogen-bond acceptors (Lipinski definition) is 18. The summed E-state index contributed by atoms with van der Waals surface area (Å²) in [6, 6.07) is 38.9. The van der Waals surface area contributed by atoms with Crippen molar-refractivity contribution in [3.05, 3.63) is 197 Å².